The van der Waals surface area contributed by atoms with E-state index in [2.05, 4.69) is 31.0 Å². The highest BCUT2D eigenvalue weighted by Gasteiger charge is 2.23. The van der Waals surface area contributed by atoms with Gasteiger partial charge in [-0.3, -0.25) is 9.59 Å². The minimum absolute atomic E-state index is 0.0351. The van der Waals surface area contributed by atoms with Crippen molar-refractivity contribution in [1.29, 1.82) is 0 Å². The molecule has 3 aromatic carbocycles. The van der Waals surface area contributed by atoms with Crippen LogP contribution < -0.4 is 4.74 Å². The van der Waals surface area contributed by atoms with E-state index in [1.54, 1.807) is 12.0 Å². The van der Waals surface area contributed by atoms with Crippen LogP contribution in [0.15, 0.2) is 85.1 Å². The van der Waals surface area contributed by atoms with Crippen molar-refractivity contribution >= 4 is 22.7 Å². The zero-order valence-electron chi connectivity index (χ0n) is 22.5. The molecule has 6 nitrogen and oxygen atoms in total. The summed E-state index contributed by atoms with van der Waals surface area (Å²) in [6.07, 6.45) is 3.00. The van der Waals surface area contributed by atoms with Crippen molar-refractivity contribution in [1.82, 2.24) is 14.8 Å². The molecule has 0 aliphatic heterocycles. The van der Waals surface area contributed by atoms with Crippen molar-refractivity contribution in [2.75, 3.05) is 26.7 Å². The minimum atomic E-state index is -0.0715. The quantitative estimate of drug-likeness (QED) is 0.274. The van der Waals surface area contributed by atoms with E-state index < -0.39 is 0 Å². The van der Waals surface area contributed by atoms with Crippen LogP contribution >= 0.6 is 0 Å². The SMILES string of the molecule is COc1ccccc1CN(CCc1c[nH]c2ccccc12)C(=O)CN(CC(C)C)C(=O)Cc1ccccc1. The van der Waals surface area contributed by atoms with Crippen LogP contribution in [0.4, 0.5) is 0 Å². The number of nitrogens with zero attached hydrogens (tertiary/aromatic N) is 2. The molecule has 4 rings (SSSR count). The average Bonchev–Trinajstić information content (AvgIpc) is 3.34. The Labute approximate surface area is 225 Å². The van der Waals surface area contributed by atoms with Gasteiger partial charge < -0.3 is 19.5 Å². The molecular formula is C32H37N3O3. The Morgan fingerprint density at radius 3 is 2.32 bits per heavy atom. The molecule has 0 atom stereocenters. The lowest BCUT2D eigenvalue weighted by molar-refractivity contribution is -0.141. The molecule has 0 fully saturated rings. The number of methoxy groups -OCH3 is 1. The number of H-pyrrole nitrogens is 1. The van der Waals surface area contributed by atoms with Crippen LogP contribution in [-0.4, -0.2) is 53.3 Å². The molecule has 0 saturated heterocycles. The van der Waals surface area contributed by atoms with E-state index in [1.807, 2.05) is 77.8 Å². The fourth-order valence-electron chi connectivity index (χ4n) is 4.77. The summed E-state index contributed by atoms with van der Waals surface area (Å²) in [6, 6.07) is 25.7. The summed E-state index contributed by atoms with van der Waals surface area (Å²) in [6.45, 7) is 5.65. The topological polar surface area (TPSA) is 65.6 Å². The Hall–Kier alpha value is -4.06. The lowest BCUT2D eigenvalue weighted by Crippen LogP contribution is -2.45. The van der Waals surface area contributed by atoms with Gasteiger partial charge in [-0.1, -0.05) is 80.6 Å². The fourth-order valence-corrected chi connectivity index (χ4v) is 4.77. The van der Waals surface area contributed by atoms with Gasteiger partial charge in [0.2, 0.25) is 11.8 Å². The van der Waals surface area contributed by atoms with E-state index in [0.29, 0.717) is 26.1 Å². The fraction of sp³-hybridized carbons (Fsp3) is 0.312. The highest BCUT2D eigenvalue weighted by atomic mass is 16.5. The number of hydrogen-bond acceptors (Lipinski definition) is 3. The third kappa shape index (κ3) is 7.03. The second kappa shape index (κ2) is 13.0. The second-order valence-electron chi connectivity index (χ2n) is 10.1. The van der Waals surface area contributed by atoms with Gasteiger partial charge in [-0.2, -0.15) is 0 Å². The highest BCUT2D eigenvalue weighted by molar-refractivity contribution is 5.86. The Morgan fingerprint density at radius 2 is 1.55 bits per heavy atom. The second-order valence-corrected chi connectivity index (χ2v) is 10.1. The molecule has 1 heterocycles. The summed E-state index contributed by atoms with van der Waals surface area (Å²) in [5.74, 6) is 0.887. The molecule has 0 bridgehead atoms. The number of aromatic nitrogens is 1. The van der Waals surface area contributed by atoms with Gasteiger partial charge in [0, 0.05) is 42.3 Å². The molecule has 38 heavy (non-hydrogen) atoms. The van der Waals surface area contributed by atoms with E-state index in [4.69, 9.17) is 4.74 Å². The minimum Gasteiger partial charge on any atom is -0.496 e. The number of rotatable bonds is 12. The Balaban J connectivity index is 1.54. The number of para-hydroxylation sites is 2. The maximum Gasteiger partial charge on any atom is 0.242 e. The standard InChI is InChI=1S/C32H37N3O3/c1-24(2)21-35(31(36)19-25-11-5-4-6-12-25)23-32(37)34(22-27-13-7-10-16-30(27)38-3)18-17-26-20-33-29-15-9-8-14-28(26)29/h4-16,20,24,33H,17-19,21-23H2,1-3H3. The number of nitrogens with one attached hydrogen (secondary N) is 1. The monoisotopic (exact) mass is 511 g/mol. The smallest absolute Gasteiger partial charge is 0.242 e. The number of hydrogen-bond donors (Lipinski definition) is 1. The number of aromatic amines is 1. The van der Waals surface area contributed by atoms with Crippen LogP contribution in [0, 0.1) is 5.92 Å². The van der Waals surface area contributed by atoms with Gasteiger partial charge in [-0.05, 0) is 35.6 Å². The van der Waals surface area contributed by atoms with Gasteiger partial charge in [0.1, 0.15) is 5.75 Å². The molecule has 4 aromatic rings. The number of ether oxygens (including phenoxy) is 1. The van der Waals surface area contributed by atoms with Crippen LogP contribution in [0.3, 0.4) is 0 Å². The van der Waals surface area contributed by atoms with Gasteiger partial charge in [-0.25, -0.2) is 0 Å². The van der Waals surface area contributed by atoms with Crippen molar-refractivity contribution in [3.05, 3.63) is 102 Å². The zero-order valence-corrected chi connectivity index (χ0v) is 22.5. The summed E-state index contributed by atoms with van der Waals surface area (Å²) in [5, 5.41) is 1.16. The molecule has 0 unspecified atom stereocenters. The molecule has 198 valence electrons. The van der Waals surface area contributed by atoms with Gasteiger partial charge >= 0.3 is 0 Å². The number of benzene rings is 3. The zero-order chi connectivity index (χ0) is 26.9. The molecule has 0 aliphatic rings. The molecule has 0 spiro atoms. The predicted molar refractivity (Wildman–Crippen MR) is 152 cm³/mol. The van der Waals surface area contributed by atoms with Crippen LogP contribution in [-0.2, 0) is 29.0 Å². The third-order valence-electron chi connectivity index (χ3n) is 6.69. The summed E-state index contributed by atoms with van der Waals surface area (Å²) < 4.78 is 5.56. The van der Waals surface area contributed by atoms with E-state index >= 15 is 0 Å². The lowest BCUT2D eigenvalue weighted by atomic mass is 10.1. The van der Waals surface area contributed by atoms with E-state index in [1.165, 1.54) is 0 Å². The molecule has 1 N–H and O–H groups in total. The van der Waals surface area contributed by atoms with Crippen LogP contribution in [0.1, 0.15) is 30.5 Å². The van der Waals surface area contributed by atoms with Crippen molar-refractivity contribution in [2.45, 2.75) is 33.2 Å². The number of fused-ring (bicyclic) bond motifs is 1. The maximum atomic E-state index is 13.8. The first kappa shape index (κ1) is 27.0. The summed E-state index contributed by atoms with van der Waals surface area (Å²) in [5.41, 5.74) is 4.13. The highest BCUT2D eigenvalue weighted by Crippen LogP contribution is 2.22. The number of carbonyl (C=O) groups is 2. The average molecular weight is 512 g/mol. The first-order chi connectivity index (χ1) is 18.4. The summed E-state index contributed by atoms with van der Waals surface area (Å²) >= 11 is 0. The molecular weight excluding hydrogens is 474 g/mol. The third-order valence-corrected chi connectivity index (χ3v) is 6.69. The van der Waals surface area contributed by atoms with Crippen LogP contribution in [0.2, 0.25) is 0 Å². The van der Waals surface area contributed by atoms with Gasteiger partial charge in [0.05, 0.1) is 20.1 Å². The van der Waals surface area contributed by atoms with Crippen LogP contribution in [0.25, 0.3) is 10.9 Å². The Morgan fingerprint density at radius 1 is 0.842 bits per heavy atom. The Bertz CT molecular complexity index is 1350. The van der Waals surface area contributed by atoms with Crippen LogP contribution in [0.5, 0.6) is 5.75 Å². The van der Waals surface area contributed by atoms with Crippen molar-refractivity contribution in [3.8, 4) is 5.75 Å². The van der Waals surface area contributed by atoms with E-state index in [9.17, 15) is 9.59 Å². The molecule has 2 amide bonds. The molecule has 1 aromatic heterocycles. The largest absolute Gasteiger partial charge is 0.496 e. The number of amides is 2. The first-order valence-electron chi connectivity index (χ1n) is 13.2. The first-order valence-corrected chi connectivity index (χ1v) is 13.2. The van der Waals surface area contributed by atoms with Gasteiger partial charge in [0.25, 0.3) is 0 Å². The van der Waals surface area contributed by atoms with Gasteiger partial charge in [-0.15, -0.1) is 0 Å². The van der Waals surface area contributed by atoms with Gasteiger partial charge in [0.15, 0.2) is 0 Å². The van der Waals surface area contributed by atoms with Crippen molar-refractivity contribution < 1.29 is 14.3 Å². The molecule has 0 aliphatic carbocycles. The molecule has 0 saturated carbocycles. The maximum absolute atomic E-state index is 13.8. The predicted octanol–water partition coefficient (Wildman–Crippen LogP) is 5.48. The van der Waals surface area contributed by atoms with Crippen molar-refractivity contribution in [3.63, 3.8) is 0 Å². The van der Waals surface area contributed by atoms with E-state index in [-0.39, 0.29) is 30.7 Å². The molecule has 0 radical (unpaired) electrons. The summed E-state index contributed by atoms with van der Waals surface area (Å²) in [4.78, 5) is 34.0. The van der Waals surface area contributed by atoms with Crippen molar-refractivity contribution in [2.24, 2.45) is 5.92 Å². The number of carbonyl (C=O) groups excluding carboxylic acids is 2. The lowest BCUT2D eigenvalue weighted by Gasteiger charge is -2.29. The Kier molecular flexibility index (Phi) is 9.20. The summed E-state index contributed by atoms with van der Waals surface area (Å²) in [7, 11) is 1.64. The molecule has 6 heteroatoms. The van der Waals surface area contributed by atoms with E-state index in [0.717, 1.165) is 33.3 Å². The normalized spacial score (nSPS) is 11.1.